The van der Waals surface area contributed by atoms with E-state index < -0.39 is 0 Å². The molecule has 0 amide bonds. The van der Waals surface area contributed by atoms with Crippen LogP contribution in [0, 0.1) is 0 Å². The molecule has 0 radical (unpaired) electrons. The number of nitrogens with zero attached hydrogens (tertiary/aromatic N) is 4. The average Bonchev–Trinajstić information content (AvgIpc) is 2.56. The Labute approximate surface area is 94.9 Å². The predicted molar refractivity (Wildman–Crippen MR) is 65.4 cm³/mol. The van der Waals surface area contributed by atoms with Crippen LogP contribution in [-0.2, 0) is 7.05 Å². The van der Waals surface area contributed by atoms with Crippen molar-refractivity contribution in [2.75, 3.05) is 18.5 Å². The number of nitrogens with two attached hydrogens (primary N) is 1. The van der Waals surface area contributed by atoms with Gasteiger partial charge in [-0.1, -0.05) is 0 Å². The van der Waals surface area contributed by atoms with Gasteiger partial charge in [-0.05, 0) is 13.0 Å². The molecule has 2 aromatic heterocycles. The smallest absolute Gasteiger partial charge is 0.206 e. The molecule has 0 spiro atoms. The lowest BCUT2D eigenvalue weighted by Gasteiger charge is -2.20. The van der Waals surface area contributed by atoms with Gasteiger partial charge in [0.2, 0.25) is 5.95 Å². The molecule has 2 N–H and O–H groups in total. The summed E-state index contributed by atoms with van der Waals surface area (Å²) in [5.74, 6) is 0.917. The van der Waals surface area contributed by atoms with Crippen LogP contribution in [0.1, 0.15) is 6.92 Å². The third kappa shape index (κ3) is 1.86. The highest BCUT2D eigenvalue weighted by Gasteiger charge is 2.12. The summed E-state index contributed by atoms with van der Waals surface area (Å²) in [6, 6.07) is 2.09. The first kappa shape index (κ1) is 10.9. The van der Waals surface area contributed by atoms with Crippen molar-refractivity contribution in [1.82, 2.24) is 14.5 Å². The molecular formula is C11H17N5. The maximum Gasteiger partial charge on any atom is 0.206 e. The van der Waals surface area contributed by atoms with Gasteiger partial charge in [-0.2, -0.15) is 0 Å². The fourth-order valence-corrected chi connectivity index (χ4v) is 1.89. The number of pyridine rings is 1. The van der Waals surface area contributed by atoms with E-state index in [4.69, 9.17) is 5.73 Å². The van der Waals surface area contributed by atoms with Gasteiger partial charge in [-0.25, -0.2) is 4.98 Å². The molecule has 0 aliphatic heterocycles. The molecule has 5 heteroatoms. The van der Waals surface area contributed by atoms with E-state index >= 15 is 0 Å². The number of hydrogen-bond acceptors (Lipinski definition) is 4. The first-order valence-corrected chi connectivity index (χ1v) is 5.32. The van der Waals surface area contributed by atoms with Crippen molar-refractivity contribution in [3.63, 3.8) is 0 Å². The maximum absolute atomic E-state index is 5.78. The third-order valence-electron chi connectivity index (χ3n) is 2.56. The van der Waals surface area contributed by atoms with E-state index in [0.29, 0.717) is 0 Å². The zero-order chi connectivity index (χ0) is 11.7. The van der Waals surface area contributed by atoms with Gasteiger partial charge >= 0.3 is 0 Å². The minimum Gasteiger partial charge on any atom is -0.344 e. The largest absolute Gasteiger partial charge is 0.344 e. The average molecular weight is 219 g/mol. The molecule has 16 heavy (non-hydrogen) atoms. The number of aromatic nitrogens is 3. The van der Waals surface area contributed by atoms with Crippen molar-refractivity contribution in [3.05, 3.63) is 18.5 Å². The Morgan fingerprint density at radius 1 is 1.56 bits per heavy atom. The third-order valence-corrected chi connectivity index (χ3v) is 2.56. The number of aryl methyl sites for hydroxylation is 1. The van der Waals surface area contributed by atoms with Crippen LogP contribution in [0.3, 0.4) is 0 Å². The van der Waals surface area contributed by atoms with Gasteiger partial charge in [0.1, 0.15) is 5.52 Å². The molecule has 1 atom stereocenters. The zero-order valence-corrected chi connectivity index (χ0v) is 9.88. The molecular weight excluding hydrogens is 202 g/mol. The Morgan fingerprint density at radius 2 is 2.31 bits per heavy atom. The number of anilines is 1. The molecule has 0 saturated heterocycles. The van der Waals surface area contributed by atoms with Crippen LogP contribution < -0.4 is 10.6 Å². The highest BCUT2D eigenvalue weighted by molar-refractivity contribution is 5.77. The van der Waals surface area contributed by atoms with Gasteiger partial charge in [0, 0.05) is 32.9 Å². The van der Waals surface area contributed by atoms with Crippen molar-refractivity contribution in [2.45, 2.75) is 13.0 Å². The van der Waals surface area contributed by atoms with Crippen molar-refractivity contribution in [2.24, 2.45) is 12.8 Å². The molecule has 0 bridgehead atoms. The van der Waals surface area contributed by atoms with Crippen LogP contribution in [0.15, 0.2) is 18.5 Å². The summed E-state index contributed by atoms with van der Waals surface area (Å²) < 4.78 is 2.05. The van der Waals surface area contributed by atoms with E-state index in [-0.39, 0.29) is 6.04 Å². The number of imidazole rings is 1. The molecule has 86 valence electrons. The normalized spacial score (nSPS) is 13.0. The fraction of sp³-hybridized carbons (Fsp3) is 0.455. The highest BCUT2D eigenvalue weighted by atomic mass is 15.3. The van der Waals surface area contributed by atoms with Gasteiger partial charge in [0.05, 0.1) is 11.7 Å². The van der Waals surface area contributed by atoms with Gasteiger partial charge < -0.3 is 15.2 Å². The standard InChI is InChI=1S/C11H17N5/c1-8(12)7-15(2)11-14-9-6-13-5-4-10(9)16(11)3/h4-6,8H,7,12H2,1-3H3. The minimum absolute atomic E-state index is 0.128. The Hall–Kier alpha value is -1.62. The Morgan fingerprint density at radius 3 is 2.94 bits per heavy atom. The summed E-state index contributed by atoms with van der Waals surface area (Å²) >= 11 is 0. The lowest BCUT2D eigenvalue weighted by atomic mass is 10.3. The lowest BCUT2D eigenvalue weighted by Crippen LogP contribution is -2.34. The lowest BCUT2D eigenvalue weighted by molar-refractivity contribution is 0.695. The molecule has 2 rings (SSSR count). The number of likely N-dealkylation sites (N-methyl/N-ethyl adjacent to an activating group) is 1. The molecule has 0 fully saturated rings. The number of rotatable bonds is 3. The Balaban J connectivity index is 2.41. The van der Waals surface area contributed by atoms with Crippen LogP contribution in [0.4, 0.5) is 5.95 Å². The van der Waals surface area contributed by atoms with E-state index in [1.807, 2.05) is 27.1 Å². The molecule has 5 nitrogen and oxygen atoms in total. The number of fused-ring (bicyclic) bond motifs is 1. The summed E-state index contributed by atoms with van der Waals surface area (Å²) in [6.07, 6.45) is 3.55. The second kappa shape index (κ2) is 4.09. The molecule has 0 aromatic carbocycles. The monoisotopic (exact) mass is 219 g/mol. The topological polar surface area (TPSA) is 60.0 Å². The van der Waals surface area contributed by atoms with E-state index in [1.165, 1.54) is 0 Å². The summed E-state index contributed by atoms with van der Waals surface area (Å²) in [6.45, 7) is 2.77. The van der Waals surface area contributed by atoms with Crippen molar-refractivity contribution >= 4 is 17.0 Å². The SMILES string of the molecule is CC(N)CN(C)c1nc2cnccc2n1C. The van der Waals surface area contributed by atoms with E-state index in [2.05, 4.69) is 19.4 Å². The van der Waals surface area contributed by atoms with Crippen LogP contribution >= 0.6 is 0 Å². The first-order chi connectivity index (χ1) is 7.59. The summed E-state index contributed by atoms with van der Waals surface area (Å²) in [4.78, 5) is 10.7. The molecule has 2 heterocycles. The quantitative estimate of drug-likeness (QED) is 0.827. The minimum atomic E-state index is 0.128. The van der Waals surface area contributed by atoms with Gasteiger partial charge in [-0.3, -0.25) is 4.98 Å². The summed E-state index contributed by atoms with van der Waals surface area (Å²) in [5.41, 5.74) is 7.78. The predicted octanol–water partition coefficient (Wildman–Crippen LogP) is 0.752. The van der Waals surface area contributed by atoms with Crippen molar-refractivity contribution in [3.8, 4) is 0 Å². The van der Waals surface area contributed by atoms with Crippen molar-refractivity contribution in [1.29, 1.82) is 0 Å². The molecule has 0 aliphatic carbocycles. The maximum atomic E-state index is 5.78. The molecule has 2 aromatic rings. The molecule has 1 unspecified atom stereocenters. The molecule has 0 aliphatic rings. The summed E-state index contributed by atoms with van der Waals surface area (Å²) in [7, 11) is 4.00. The van der Waals surface area contributed by atoms with Gasteiger partial charge in [0.25, 0.3) is 0 Å². The van der Waals surface area contributed by atoms with Gasteiger partial charge in [0.15, 0.2) is 0 Å². The first-order valence-electron chi connectivity index (χ1n) is 5.32. The van der Waals surface area contributed by atoms with Crippen LogP contribution in [-0.4, -0.2) is 34.2 Å². The van der Waals surface area contributed by atoms with Crippen LogP contribution in [0.5, 0.6) is 0 Å². The number of hydrogen-bond donors (Lipinski definition) is 1. The molecule has 0 saturated carbocycles. The van der Waals surface area contributed by atoms with E-state index in [0.717, 1.165) is 23.5 Å². The fourth-order valence-electron chi connectivity index (χ4n) is 1.89. The highest BCUT2D eigenvalue weighted by Crippen LogP contribution is 2.19. The van der Waals surface area contributed by atoms with Crippen molar-refractivity contribution < 1.29 is 0 Å². The van der Waals surface area contributed by atoms with Crippen LogP contribution in [0.2, 0.25) is 0 Å². The Bertz CT molecular complexity index is 488. The summed E-state index contributed by atoms with van der Waals surface area (Å²) in [5, 5.41) is 0. The Kier molecular flexibility index (Phi) is 2.78. The second-order valence-corrected chi connectivity index (χ2v) is 4.19. The second-order valence-electron chi connectivity index (χ2n) is 4.19. The van der Waals surface area contributed by atoms with E-state index in [9.17, 15) is 0 Å². The zero-order valence-electron chi connectivity index (χ0n) is 9.88. The van der Waals surface area contributed by atoms with Gasteiger partial charge in [-0.15, -0.1) is 0 Å². The van der Waals surface area contributed by atoms with Crippen LogP contribution in [0.25, 0.3) is 11.0 Å². The van der Waals surface area contributed by atoms with E-state index in [1.54, 1.807) is 12.4 Å².